The SMILES string of the molecule is CCNC(c1cn(C)nn1)c1c(Cl)cnn1C. The van der Waals surface area contributed by atoms with Crippen LogP contribution in [0, 0.1) is 0 Å². The molecule has 0 spiro atoms. The fraction of sp³-hybridized carbons (Fsp3) is 0.500. The smallest absolute Gasteiger partial charge is 0.106 e. The zero-order valence-corrected chi connectivity index (χ0v) is 10.8. The van der Waals surface area contributed by atoms with E-state index >= 15 is 0 Å². The van der Waals surface area contributed by atoms with E-state index in [0.29, 0.717) is 5.02 Å². The molecule has 0 fully saturated rings. The second kappa shape index (κ2) is 4.85. The molecule has 2 rings (SSSR count). The lowest BCUT2D eigenvalue weighted by atomic mass is 10.1. The number of nitrogens with zero attached hydrogens (tertiary/aromatic N) is 5. The summed E-state index contributed by atoms with van der Waals surface area (Å²) in [4.78, 5) is 0. The Kier molecular flexibility index (Phi) is 3.44. The van der Waals surface area contributed by atoms with Gasteiger partial charge in [0.1, 0.15) is 5.69 Å². The summed E-state index contributed by atoms with van der Waals surface area (Å²) in [5, 5.41) is 16.2. The second-order valence-corrected chi connectivity index (χ2v) is 4.22. The molecule has 0 aliphatic rings. The minimum atomic E-state index is -0.0892. The molecule has 1 atom stereocenters. The molecule has 1 N–H and O–H groups in total. The molecule has 0 saturated heterocycles. The summed E-state index contributed by atoms with van der Waals surface area (Å²) in [5.41, 5.74) is 1.73. The van der Waals surface area contributed by atoms with Gasteiger partial charge in [-0.2, -0.15) is 5.10 Å². The summed E-state index contributed by atoms with van der Waals surface area (Å²) in [6.07, 6.45) is 3.51. The Morgan fingerprint density at radius 1 is 1.47 bits per heavy atom. The number of aromatic nitrogens is 5. The fourth-order valence-electron chi connectivity index (χ4n) is 1.79. The van der Waals surface area contributed by atoms with Gasteiger partial charge in [-0.3, -0.25) is 9.36 Å². The van der Waals surface area contributed by atoms with Gasteiger partial charge in [-0.15, -0.1) is 5.10 Å². The van der Waals surface area contributed by atoms with Crippen molar-refractivity contribution >= 4 is 11.6 Å². The van der Waals surface area contributed by atoms with E-state index in [1.54, 1.807) is 15.6 Å². The molecule has 2 heterocycles. The number of hydrogen-bond donors (Lipinski definition) is 1. The monoisotopic (exact) mass is 254 g/mol. The number of rotatable bonds is 4. The standard InChI is InChI=1S/C10H15ClN6/c1-4-12-9(8-6-16(2)15-14-8)10-7(11)5-13-17(10)3/h5-6,9,12H,4H2,1-3H3. The summed E-state index contributed by atoms with van der Waals surface area (Å²) in [7, 11) is 3.70. The molecular formula is C10H15ClN6. The maximum absolute atomic E-state index is 6.15. The first-order valence-corrected chi connectivity index (χ1v) is 5.78. The second-order valence-electron chi connectivity index (χ2n) is 3.81. The zero-order valence-electron chi connectivity index (χ0n) is 10.1. The maximum atomic E-state index is 6.15. The van der Waals surface area contributed by atoms with Gasteiger partial charge in [0, 0.05) is 14.1 Å². The van der Waals surface area contributed by atoms with E-state index in [2.05, 4.69) is 20.7 Å². The van der Waals surface area contributed by atoms with Crippen molar-refractivity contribution in [3.8, 4) is 0 Å². The Hall–Kier alpha value is -1.40. The van der Waals surface area contributed by atoms with Gasteiger partial charge in [0.2, 0.25) is 0 Å². The van der Waals surface area contributed by atoms with E-state index < -0.39 is 0 Å². The van der Waals surface area contributed by atoms with Gasteiger partial charge < -0.3 is 5.32 Å². The first-order chi connectivity index (χ1) is 8.13. The van der Waals surface area contributed by atoms with Gasteiger partial charge in [-0.05, 0) is 6.54 Å². The summed E-state index contributed by atoms with van der Waals surface area (Å²) in [5.74, 6) is 0. The van der Waals surface area contributed by atoms with E-state index in [4.69, 9.17) is 11.6 Å². The van der Waals surface area contributed by atoms with Crippen molar-refractivity contribution in [2.45, 2.75) is 13.0 Å². The zero-order chi connectivity index (χ0) is 12.4. The number of aryl methyl sites for hydroxylation is 2. The van der Waals surface area contributed by atoms with Gasteiger partial charge in [-0.25, -0.2) is 0 Å². The van der Waals surface area contributed by atoms with Gasteiger partial charge in [0.15, 0.2) is 0 Å². The number of hydrogen-bond acceptors (Lipinski definition) is 4. The van der Waals surface area contributed by atoms with Gasteiger partial charge in [0.05, 0.1) is 29.2 Å². The lowest BCUT2D eigenvalue weighted by Crippen LogP contribution is -2.25. The Morgan fingerprint density at radius 3 is 2.71 bits per heavy atom. The molecule has 0 amide bonds. The third-order valence-electron chi connectivity index (χ3n) is 2.54. The molecule has 0 radical (unpaired) electrons. The highest BCUT2D eigenvalue weighted by Crippen LogP contribution is 2.26. The van der Waals surface area contributed by atoms with E-state index in [0.717, 1.165) is 17.9 Å². The molecule has 2 aromatic rings. The molecule has 0 saturated carbocycles. The van der Waals surface area contributed by atoms with Crippen molar-refractivity contribution in [2.75, 3.05) is 6.54 Å². The molecule has 17 heavy (non-hydrogen) atoms. The van der Waals surface area contributed by atoms with Crippen molar-refractivity contribution in [2.24, 2.45) is 14.1 Å². The van der Waals surface area contributed by atoms with Crippen LogP contribution in [0.4, 0.5) is 0 Å². The average molecular weight is 255 g/mol. The van der Waals surface area contributed by atoms with Gasteiger partial charge in [-0.1, -0.05) is 23.7 Å². The van der Waals surface area contributed by atoms with E-state index in [1.165, 1.54) is 0 Å². The van der Waals surface area contributed by atoms with Crippen molar-refractivity contribution in [1.29, 1.82) is 0 Å². The van der Waals surface area contributed by atoms with Crippen LogP contribution in [0.3, 0.4) is 0 Å². The van der Waals surface area contributed by atoms with E-state index in [1.807, 2.05) is 27.2 Å². The predicted octanol–water partition coefficient (Wildman–Crippen LogP) is 0.901. The van der Waals surface area contributed by atoms with Crippen molar-refractivity contribution in [3.05, 3.63) is 28.8 Å². The Morgan fingerprint density at radius 2 is 2.24 bits per heavy atom. The third-order valence-corrected chi connectivity index (χ3v) is 2.83. The average Bonchev–Trinajstić information content (AvgIpc) is 2.84. The van der Waals surface area contributed by atoms with Crippen LogP contribution in [0.5, 0.6) is 0 Å². The lowest BCUT2D eigenvalue weighted by Gasteiger charge is -2.16. The van der Waals surface area contributed by atoms with E-state index in [-0.39, 0.29) is 6.04 Å². The third kappa shape index (κ3) is 2.32. The van der Waals surface area contributed by atoms with Crippen molar-refractivity contribution in [3.63, 3.8) is 0 Å². The molecule has 0 aromatic carbocycles. The Labute approximate surface area is 105 Å². The first-order valence-electron chi connectivity index (χ1n) is 5.40. The highest BCUT2D eigenvalue weighted by Gasteiger charge is 2.22. The van der Waals surface area contributed by atoms with Gasteiger partial charge >= 0.3 is 0 Å². The highest BCUT2D eigenvalue weighted by molar-refractivity contribution is 6.31. The molecule has 2 aromatic heterocycles. The maximum Gasteiger partial charge on any atom is 0.106 e. The fourth-order valence-corrected chi connectivity index (χ4v) is 2.06. The van der Waals surface area contributed by atoms with E-state index in [9.17, 15) is 0 Å². The first kappa shape index (κ1) is 12.1. The van der Waals surface area contributed by atoms with Crippen LogP contribution in [0.25, 0.3) is 0 Å². The van der Waals surface area contributed by atoms with Gasteiger partial charge in [0.25, 0.3) is 0 Å². The highest BCUT2D eigenvalue weighted by atomic mass is 35.5. The largest absolute Gasteiger partial charge is 0.304 e. The van der Waals surface area contributed by atoms with Crippen molar-refractivity contribution in [1.82, 2.24) is 30.1 Å². The van der Waals surface area contributed by atoms with Crippen molar-refractivity contribution < 1.29 is 0 Å². The molecule has 1 unspecified atom stereocenters. The molecule has 0 bridgehead atoms. The van der Waals surface area contributed by atoms with Crippen LogP contribution >= 0.6 is 11.6 Å². The summed E-state index contributed by atoms with van der Waals surface area (Å²) < 4.78 is 3.42. The number of nitrogens with one attached hydrogen (secondary N) is 1. The minimum absolute atomic E-state index is 0.0892. The molecule has 0 aliphatic carbocycles. The Bertz CT molecular complexity index is 483. The summed E-state index contributed by atoms with van der Waals surface area (Å²) in [6, 6.07) is -0.0892. The molecule has 0 aliphatic heterocycles. The normalized spacial score (nSPS) is 12.9. The lowest BCUT2D eigenvalue weighted by molar-refractivity contribution is 0.561. The summed E-state index contributed by atoms with van der Waals surface area (Å²) >= 11 is 6.15. The topological polar surface area (TPSA) is 60.6 Å². The minimum Gasteiger partial charge on any atom is -0.304 e. The quantitative estimate of drug-likeness (QED) is 0.881. The molecule has 92 valence electrons. The molecule has 6 nitrogen and oxygen atoms in total. The van der Waals surface area contributed by atoms with Crippen LogP contribution in [0.2, 0.25) is 5.02 Å². The molecule has 7 heteroatoms. The predicted molar refractivity (Wildman–Crippen MR) is 64.7 cm³/mol. The van der Waals surface area contributed by atoms with Crippen LogP contribution < -0.4 is 5.32 Å². The van der Waals surface area contributed by atoms with Crippen LogP contribution in [-0.4, -0.2) is 31.3 Å². The summed E-state index contributed by atoms with van der Waals surface area (Å²) in [6.45, 7) is 2.84. The van der Waals surface area contributed by atoms with Crippen LogP contribution in [0.15, 0.2) is 12.4 Å². The number of halogens is 1. The Balaban J connectivity index is 2.42. The van der Waals surface area contributed by atoms with Crippen LogP contribution in [0.1, 0.15) is 24.4 Å². The molecular weight excluding hydrogens is 240 g/mol. The van der Waals surface area contributed by atoms with Crippen LogP contribution in [-0.2, 0) is 14.1 Å².